The van der Waals surface area contributed by atoms with Crippen LogP contribution in [-0.2, 0) is 14.3 Å². The Kier molecular flexibility index (Phi) is 3.83. The van der Waals surface area contributed by atoms with Crippen molar-refractivity contribution in [2.75, 3.05) is 6.61 Å². The van der Waals surface area contributed by atoms with E-state index in [9.17, 15) is 9.59 Å². The van der Waals surface area contributed by atoms with Crippen LogP contribution in [0.5, 0.6) is 0 Å². The first-order valence-corrected chi connectivity index (χ1v) is 4.68. The molecule has 3 nitrogen and oxygen atoms in total. The maximum absolute atomic E-state index is 11.3. The van der Waals surface area contributed by atoms with Gasteiger partial charge < -0.3 is 4.74 Å². The summed E-state index contributed by atoms with van der Waals surface area (Å²) >= 11 is 0. The van der Waals surface area contributed by atoms with Crippen molar-refractivity contribution in [1.29, 1.82) is 0 Å². The van der Waals surface area contributed by atoms with Gasteiger partial charge >= 0.3 is 5.97 Å². The number of ether oxygens (including phenoxy) is 1. The van der Waals surface area contributed by atoms with Crippen LogP contribution < -0.4 is 0 Å². The molecule has 0 aliphatic rings. The van der Waals surface area contributed by atoms with E-state index in [4.69, 9.17) is 4.74 Å². The summed E-state index contributed by atoms with van der Waals surface area (Å²) < 4.78 is 4.74. The zero-order chi connectivity index (χ0) is 11.3. The van der Waals surface area contributed by atoms with E-state index >= 15 is 0 Å². The lowest BCUT2D eigenvalue weighted by atomic mass is 10.1. The summed E-state index contributed by atoms with van der Waals surface area (Å²) in [4.78, 5) is 22.0. The molecule has 0 aromatic heterocycles. The van der Waals surface area contributed by atoms with E-state index in [0.717, 1.165) is 5.56 Å². The lowest BCUT2D eigenvalue weighted by molar-refractivity contribution is -0.135. The van der Waals surface area contributed by atoms with Crippen LogP contribution in [0.15, 0.2) is 24.3 Å². The van der Waals surface area contributed by atoms with Gasteiger partial charge in [-0.3, -0.25) is 0 Å². The van der Waals surface area contributed by atoms with Crippen LogP contribution in [0.3, 0.4) is 0 Å². The summed E-state index contributed by atoms with van der Waals surface area (Å²) in [5, 5.41) is 0. The molecule has 0 radical (unpaired) electrons. The quantitative estimate of drug-likeness (QED) is 0.428. The van der Waals surface area contributed by atoms with Gasteiger partial charge in [-0.05, 0) is 13.8 Å². The minimum atomic E-state index is -0.628. The topological polar surface area (TPSA) is 43.4 Å². The number of carbonyl (C=O) groups is 1. The molecule has 0 atom stereocenters. The fraction of sp³-hybridized carbons (Fsp3) is 0.250. The number of aryl methyl sites for hydroxylation is 1. The van der Waals surface area contributed by atoms with Crippen molar-refractivity contribution in [2.45, 2.75) is 13.8 Å². The van der Waals surface area contributed by atoms with E-state index in [2.05, 4.69) is 0 Å². The molecule has 0 fully saturated rings. The van der Waals surface area contributed by atoms with Crippen LogP contribution in [0, 0.1) is 6.92 Å². The van der Waals surface area contributed by atoms with Gasteiger partial charge in [0.25, 0.3) is 0 Å². The van der Waals surface area contributed by atoms with Gasteiger partial charge in [0.2, 0.25) is 0 Å². The Labute approximate surface area is 88.4 Å². The van der Waals surface area contributed by atoms with Crippen molar-refractivity contribution in [3.63, 3.8) is 0 Å². The van der Waals surface area contributed by atoms with E-state index in [-0.39, 0.29) is 12.2 Å². The second-order valence-electron chi connectivity index (χ2n) is 3.06. The Bertz CT molecular complexity index is 397. The fourth-order valence-corrected chi connectivity index (χ4v) is 1.14. The molecular weight excluding hydrogens is 192 g/mol. The van der Waals surface area contributed by atoms with Gasteiger partial charge in [-0.1, -0.05) is 29.8 Å². The molecule has 0 spiro atoms. The molecule has 0 aliphatic heterocycles. The minimum Gasteiger partial charge on any atom is -0.462 e. The molecule has 0 unspecified atom stereocenters. The Hall–Kier alpha value is -1.86. The van der Waals surface area contributed by atoms with Gasteiger partial charge in [0.05, 0.1) is 6.61 Å². The van der Waals surface area contributed by atoms with Crippen LogP contribution in [0.25, 0.3) is 5.57 Å². The number of esters is 1. The number of carbonyl (C=O) groups excluding carboxylic acids is 2. The molecule has 0 aliphatic carbocycles. The molecule has 0 N–H and O–H groups in total. The molecule has 3 heteroatoms. The largest absolute Gasteiger partial charge is 0.462 e. The van der Waals surface area contributed by atoms with E-state index in [1.165, 1.54) is 0 Å². The summed E-state index contributed by atoms with van der Waals surface area (Å²) in [5.41, 5.74) is 1.54. The maximum Gasteiger partial charge on any atom is 0.350 e. The number of benzene rings is 1. The average Bonchev–Trinajstić information content (AvgIpc) is 2.22. The van der Waals surface area contributed by atoms with Crippen molar-refractivity contribution in [1.82, 2.24) is 0 Å². The molecule has 0 heterocycles. The summed E-state index contributed by atoms with van der Waals surface area (Å²) in [6, 6.07) is 7.05. The van der Waals surface area contributed by atoms with Crippen molar-refractivity contribution in [2.24, 2.45) is 0 Å². The van der Waals surface area contributed by atoms with Gasteiger partial charge in [0.1, 0.15) is 5.94 Å². The highest BCUT2D eigenvalue weighted by Crippen LogP contribution is 2.13. The second kappa shape index (κ2) is 5.13. The zero-order valence-corrected chi connectivity index (χ0v) is 8.74. The van der Waals surface area contributed by atoms with Gasteiger partial charge in [-0.25, -0.2) is 9.59 Å². The Morgan fingerprint density at radius 1 is 1.33 bits per heavy atom. The predicted octanol–water partition coefficient (Wildman–Crippen LogP) is 1.77. The predicted molar refractivity (Wildman–Crippen MR) is 56.9 cm³/mol. The molecule has 78 valence electrons. The first-order valence-electron chi connectivity index (χ1n) is 4.68. The average molecular weight is 204 g/mol. The number of rotatable bonds is 3. The van der Waals surface area contributed by atoms with Gasteiger partial charge in [-0.2, -0.15) is 0 Å². The zero-order valence-electron chi connectivity index (χ0n) is 8.74. The molecule has 1 aromatic rings. The monoisotopic (exact) mass is 204 g/mol. The summed E-state index contributed by atoms with van der Waals surface area (Å²) in [6.07, 6.45) is 0. The molecule has 0 saturated heterocycles. The number of hydrogen-bond donors (Lipinski definition) is 0. The highest BCUT2D eigenvalue weighted by molar-refractivity contribution is 6.25. The maximum atomic E-state index is 11.3. The van der Waals surface area contributed by atoms with Crippen LogP contribution >= 0.6 is 0 Å². The molecule has 0 amide bonds. The smallest absolute Gasteiger partial charge is 0.350 e. The first kappa shape index (κ1) is 11.2. The van der Waals surface area contributed by atoms with Crippen LogP contribution in [0.2, 0.25) is 0 Å². The third-order valence-corrected chi connectivity index (χ3v) is 1.92. The van der Waals surface area contributed by atoms with Gasteiger partial charge in [-0.15, -0.1) is 0 Å². The van der Waals surface area contributed by atoms with E-state index in [1.54, 1.807) is 25.0 Å². The molecule has 15 heavy (non-hydrogen) atoms. The van der Waals surface area contributed by atoms with E-state index in [1.807, 2.05) is 19.1 Å². The summed E-state index contributed by atoms with van der Waals surface area (Å²) in [6.45, 7) is 3.86. The van der Waals surface area contributed by atoms with E-state index in [0.29, 0.717) is 5.56 Å². The fourth-order valence-electron chi connectivity index (χ4n) is 1.14. The highest BCUT2D eigenvalue weighted by atomic mass is 16.5. The van der Waals surface area contributed by atoms with Crippen LogP contribution in [-0.4, -0.2) is 18.5 Å². The SMILES string of the molecule is CCOC(=O)C(=C=O)c1ccc(C)cc1. The van der Waals surface area contributed by atoms with Crippen molar-refractivity contribution in [3.05, 3.63) is 35.4 Å². The standard InChI is InChI=1S/C12H12O3/c1-3-15-12(14)11(8-13)10-6-4-9(2)5-7-10/h4-7H,3H2,1-2H3. The van der Waals surface area contributed by atoms with Crippen molar-refractivity contribution < 1.29 is 14.3 Å². The molecular formula is C12H12O3. The molecule has 1 rings (SSSR count). The highest BCUT2D eigenvalue weighted by Gasteiger charge is 2.13. The molecule has 0 saturated carbocycles. The lowest BCUT2D eigenvalue weighted by Gasteiger charge is -2.03. The Morgan fingerprint density at radius 3 is 2.40 bits per heavy atom. The minimum absolute atomic E-state index is 0.0585. The van der Waals surface area contributed by atoms with Gasteiger partial charge in [0.15, 0.2) is 5.57 Å². The van der Waals surface area contributed by atoms with Crippen molar-refractivity contribution in [3.8, 4) is 0 Å². The molecule has 1 aromatic carbocycles. The second-order valence-corrected chi connectivity index (χ2v) is 3.06. The van der Waals surface area contributed by atoms with Crippen molar-refractivity contribution >= 4 is 17.5 Å². The molecule has 0 bridgehead atoms. The van der Waals surface area contributed by atoms with Crippen LogP contribution in [0.1, 0.15) is 18.1 Å². The third kappa shape index (κ3) is 2.79. The van der Waals surface area contributed by atoms with Crippen LogP contribution in [0.4, 0.5) is 0 Å². The lowest BCUT2D eigenvalue weighted by Crippen LogP contribution is -2.07. The first-order chi connectivity index (χ1) is 7.19. The summed E-state index contributed by atoms with van der Waals surface area (Å²) in [7, 11) is 0. The van der Waals surface area contributed by atoms with Gasteiger partial charge in [0, 0.05) is 5.56 Å². The Morgan fingerprint density at radius 2 is 1.93 bits per heavy atom. The van der Waals surface area contributed by atoms with E-state index < -0.39 is 5.97 Å². The normalized spacial score (nSPS) is 9.20. The third-order valence-electron chi connectivity index (χ3n) is 1.92. The summed E-state index contributed by atoms with van der Waals surface area (Å²) in [5.74, 6) is 0.986. The Balaban J connectivity index is 2.99. The number of hydrogen-bond acceptors (Lipinski definition) is 3.